The smallest absolute Gasteiger partial charge is 0.345 e. The fraction of sp³-hybridized carbons (Fsp3) is 0.294. The highest BCUT2D eigenvalue weighted by Crippen LogP contribution is 2.30. The van der Waals surface area contributed by atoms with E-state index in [9.17, 15) is 9.59 Å². The summed E-state index contributed by atoms with van der Waals surface area (Å²) in [5.41, 5.74) is 1.31. The van der Waals surface area contributed by atoms with E-state index in [4.69, 9.17) is 5.11 Å². The van der Waals surface area contributed by atoms with Crippen molar-refractivity contribution in [2.24, 2.45) is 0 Å². The van der Waals surface area contributed by atoms with Gasteiger partial charge in [-0.05, 0) is 48.6 Å². The third-order valence-corrected chi connectivity index (χ3v) is 5.74. The highest BCUT2D eigenvalue weighted by Gasteiger charge is 2.25. The molecule has 2 heterocycles. The quantitative estimate of drug-likeness (QED) is 0.848. The van der Waals surface area contributed by atoms with Crippen LogP contribution in [-0.2, 0) is 0 Å². The summed E-state index contributed by atoms with van der Waals surface area (Å²) in [4.78, 5) is 25.9. The number of hydrogen-bond donors (Lipinski definition) is 1. The van der Waals surface area contributed by atoms with Crippen LogP contribution in [0.2, 0.25) is 0 Å². The number of piperidine rings is 1. The number of carbonyl (C=O) groups excluding carboxylic acids is 1. The van der Waals surface area contributed by atoms with Gasteiger partial charge in [-0.3, -0.25) is 4.79 Å². The molecule has 0 spiro atoms. The molecule has 0 unspecified atom stereocenters. The van der Waals surface area contributed by atoms with Crippen molar-refractivity contribution in [3.63, 3.8) is 0 Å². The second-order valence-corrected chi connectivity index (χ2v) is 7.59. The summed E-state index contributed by atoms with van der Waals surface area (Å²) in [6, 6.07) is 11.5. The minimum atomic E-state index is -0.983. The fourth-order valence-electron chi connectivity index (χ4n) is 2.87. The van der Waals surface area contributed by atoms with Crippen molar-refractivity contribution in [3.8, 4) is 0 Å². The van der Waals surface area contributed by atoms with Crippen LogP contribution in [0.5, 0.6) is 0 Å². The highest BCUT2D eigenvalue weighted by molar-refractivity contribution is 9.10. The summed E-state index contributed by atoms with van der Waals surface area (Å²) in [5, 5.41) is 8.95. The topological polar surface area (TPSA) is 57.6 Å². The molecule has 0 radical (unpaired) electrons. The number of nitrogens with zero attached hydrogens (tertiary/aromatic N) is 1. The van der Waals surface area contributed by atoms with Gasteiger partial charge >= 0.3 is 5.97 Å². The Morgan fingerprint density at radius 3 is 2.22 bits per heavy atom. The van der Waals surface area contributed by atoms with E-state index >= 15 is 0 Å². The lowest BCUT2D eigenvalue weighted by molar-refractivity contribution is 0.0699. The predicted octanol–water partition coefficient (Wildman–Crippen LogP) is 4.23. The summed E-state index contributed by atoms with van der Waals surface area (Å²) in [6.45, 7) is 1.42. The lowest BCUT2D eigenvalue weighted by atomic mass is 9.89. The summed E-state index contributed by atoms with van der Waals surface area (Å²) in [5.74, 6) is -0.565. The maximum atomic E-state index is 12.5. The predicted molar refractivity (Wildman–Crippen MR) is 93.3 cm³/mol. The van der Waals surface area contributed by atoms with E-state index in [1.165, 1.54) is 11.6 Å². The van der Waals surface area contributed by atoms with E-state index in [1.54, 1.807) is 6.07 Å². The molecule has 1 N–H and O–H groups in total. The molecule has 0 saturated carbocycles. The van der Waals surface area contributed by atoms with E-state index < -0.39 is 5.97 Å². The molecular weight excluding hydrogens is 378 g/mol. The Bertz CT molecular complexity index is 718. The van der Waals surface area contributed by atoms with E-state index in [0.717, 1.165) is 28.7 Å². The number of amides is 1. The maximum Gasteiger partial charge on any atom is 0.345 e. The fourth-order valence-corrected chi connectivity index (χ4v) is 3.95. The number of hydrogen-bond acceptors (Lipinski definition) is 3. The number of halogens is 1. The van der Waals surface area contributed by atoms with Crippen molar-refractivity contribution in [3.05, 3.63) is 56.2 Å². The standard InChI is InChI=1S/C17H16BrNO3S/c18-13-3-1-11(2-4-13)12-7-9-19(10-8-12)16(20)14-5-6-15(23-14)17(21)22/h1-6,12H,7-10H2,(H,21,22). The van der Waals surface area contributed by atoms with Gasteiger partial charge < -0.3 is 10.0 Å². The Labute approximate surface area is 146 Å². The van der Waals surface area contributed by atoms with Crippen LogP contribution in [0.1, 0.15) is 43.7 Å². The molecule has 1 fully saturated rings. The summed E-state index contributed by atoms with van der Waals surface area (Å²) in [6.07, 6.45) is 1.87. The Hall–Kier alpha value is -1.66. The van der Waals surface area contributed by atoms with Gasteiger partial charge in [-0.1, -0.05) is 28.1 Å². The monoisotopic (exact) mass is 393 g/mol. The van der Waals surface area contributed by atoms with Crippen molar-refractivity contribution in [1.82, 2.24) is 4.90 Å². The van der Waals surface area contributed by atoms with Crippen molar-refractivity contribution < 1.29 is 14.7 Å². The summed E-state index contributed by atoms with van der Waals surface area (Å²) >= 11 is 4.49. The van der Waals surface area contributed by atoms with Gasteiger partial charge in [-0.15, -0.1) is 11.3 Å². The molecule has 2 aromatic rings. The first-order valence-electron chi connectivity index (χ1n) is 7.42. The van der Waals surface area contributed by atoms with Crippen molar-refractivity contribution in [2.45, 2.75) is 18.8 Å². The number of rotatable bonds is 3. The highest BCUT2D eigenvalue weighted by atomic mass is 79.9. The SMILES string of the molecule is O=C(O)c1ccc(C(=O)N2CCC(c3ccc(Br)cc3)CC2)s1. The third kappa shape index (κ3) is 3.64. The summed E-state index contributed by atoms with van der Waals surface area (Å²) < 4.78 is 1.07. The molecule has 0 bridgehead atoms. The molecule has 23 heavy (non-hydrogen) atoms. The molecule has 1 aromatic carbocycles. The minimum Gasteiger partial charge on any atom is -0.477 e. The van der Waals surface area contributed by atoms with E-state index in [0.29, 0.717) is 23.9 Å². The normalized spacial score (nSPS) is 15.6. The van der Waals surface area contributed by atoms with Crippen LogP contribution in [-0.4, -0.2) is 35.0 Å². The second kappa shape index (κ2) is 6.84. The molecule has 1 aliphatic rings. The number of likely N-dealkylation sites (tertiary alicyclic amines) is 1. The van der Waals surface area contributed by atoms with Crippen molar-refractivity contribution in [2.75, 3.05) is 13.1 Å². The van der Waals surface area contributed by atoms with Gasteiger partial charge in [0, 0.05) is 17.6 Å². The number of carboxylic acid groups (broad SMARTS) is 1. The van der Waals surface area contributed by atoms with Gasteiger partial charge in [0.05, 0.1) is 4.88 Å². The minimum absolute atomic E-state index is 0.0586. The van der Waals surface area contributed by atoms with Crippen LogP contribution >= 0.6 is 27.3 Å². The van der Waals surface area contributed by atoms with Crippen LogP contribution in [0, 0.1) is 0 Å². The average Bonchev–Trinajstić information content (AvgIpc) is 3.05. The maximum absolute atomic E-state index is 12.5. The number of benzene rings is 1. The molecule has 4 nitrogen and oxygen atoms in total. The molecule has 0 atom stereocenters. The molecule has 0 aliphatic carbocycles. The molecule has 1 aromatic heterocycles. The molecule has 6 heteroatoms. The largest absolute Gasteiger partial charge is 0.477 e. The Morgan fingerprint density at radius 2 is 1.65 bits per heavy atom. The summed E-state index contributed by atoms with van der Waals surface area (Å²) in [7, 11) is 0. The van der Waals surface area contributed by atoms with Gasteiger partial charge in [-0.2, -0.15) is 0 Å². The molecule has 120 valence electrons. The molecule has 1 amide bonds. The van der Waals surface area contributed by atoms with Gasteiger partial charge in [-0.25, -0.2) is 4.79 Å². The lowest BCUT2D eigenvalue weighted by Gasteiger charge is -2.32. The zero-order chi connectivity index (χ0) is 16.4. The molecule has 3 rings (SSSR count). The lowest BCUT2D eigenvalue weighted by Crippen LogP contribution is -2.37. The van der Waals surface area contributed by atoms with E-state index in [-0.39, 0.29) is 10.8 Å². The van der Waals surface area contributed by atoms with Crippen molar-refractivity contribution in [1.29, 1.82) is 0 Å². The molecule has 1 saturated heterocycles. The number of carbonyl (C=O) groups is 2. The van der Waals surface area contributed by atoms with Crippen LogP contribution in [0.3, 0.4) is 0 Å². The van der Waals surface area contributed by atoms with E-state index in [2.05, 4.69) is 28.1 Å². The van der Waals surface area contributed by atoms with Crippen LogP contribution in [0.4, 0.5) is 0 Å². The number of thiophene rings is 1. The first-order chi connectivity index (χ1) is 11.0. The Morgan fingerprint density at radius 1 is 1.04 bits per heavy atom. The first kappa shape index (κ1) is 16.2. The van der Waals surface area contributed by atoms with Crippen molar-refractivity contribution >= 4 is 39.1 Å². The van der Waals surface area contributed by atoms with Gasteiger partial charge in [0.15, 0.2) is 0 Å². The zero-order valence-electron chi connectivity index (χ0n) is 12.4. The van der Waals surface area contributed by atoms with Crippen LogP contribution in [0.15, 0.2) is 40.9 Å². The number of aromatic carboxylic acids is 1. The van der Waals surface area contributed by atoms with Crippen LogP contribution < -0.4 is 0 Å². The van der Waals surface area contributed by atoms with Gasteiger partial charge in [0.25, 0.3) is 5.91 Å². The van der Waals surface area contributed by atoms with Crippen LogP contribution in [0.25, 0.3) is 0 Å². The Kier molecular flexibility index (Phi) is 4.82. The molecular formula is C17H16BrNO3S. The molecule has 1 aliphatic heterocycles. The number of carboxylic acids is 1. The Balaban J connectivity index is 1.62. The van der Waals surface area contributed by atoms with Gasteiger partial charge in [0.1, 0.15) is 4.88 Å². The third-order valence-electron chi connectivity index (χ3n) is 4.15. The van der Waals surface area contributed by atoms with E-state index in [1.807, 2.05) is 17.0 Å². The zero-order valence-corrected chi connectivity index (χ0v) is 14.8. The second-order valence-electron chi connectivity index (χ2n) is 5.59. The van der Waals surface area contributed by atoms with Gasteiger partial charge in [0.2, 0.25) is 0 Å². The average molecular weight is 394 g/mol. The first-order valence-corrected chi connectivity index (χ1v) is 9.03.